The topological polar surface area (TPSA) is 58.6 Å². The number of nitrogens with one attached hydrogen (secondary N) is 1. The SMILES string of the molecule is CC(C)CNC(=O)[C@H](Cc1ccccc1)N(Cc1ccc(Cl)cc1Cl)C(=O)COc1ccc(Cl)cc1. The number of carbonyl (C=O) groups excluding carboxylic acids is 2. The van der Waals surface area contributed by atoms with E-state index in [0.717, 1.165) is 5.56 Å². The zero-order chi connectivity index (χ0) is 26.1. The zero-order valence-corrected chi connectivity index (χ0v) is 22.5. The van der Waals surface area contributed by atoms with Crippen LogP contribution in [0.4, 0.5) is 0 Å². The van der Waals surface area contributed by atoms with Crippen LogP contribution in [0.3, 0.4) is 0 Å². The van der Waals surface area contributed by atoms with Crippen LogP contribution in [0.15, 0.2) is 72.8 Å². The molecular formula is C28H29Cl3N2O3. The van der Waals surface area contributed by atoms with E-state index in [1.807, 2.05) is 44.2 Å². The Balaban J connectivity index is 1.92. The molecule has 3 rings (SSSR count). The number of ether oxygens (including phenoxy) is 1. The summed E-state index contributed by atoms with van der Waals surface area (Å²) in [6, 6.07) is 20.7. The Morgan fingerprint density at radius 2 is 1.58 bits per heavy atom. The standard InChI is InChI=1S/C28H29Cl3N2O3/c1-19(2)16-32-28(35)26(14-20-6-4-3-5-7-20)33(17-21-8-9-23(30)15-25(21)31)27(34)18-36-24-12-10-22(29)11-13-24/h3-13,15,19,26H,14,16-18H2,1-2H3,(H,32,35)/t26-/m0/s1. The third-order valence-corrected chi connectivity index (χ3v) is 6.33. The van der Waals surface area contributed by atoms with E-state index in [1.165, 1.54) is 4.90 Å². The van der Waals surface area contributed by atoms with Gasteiger partial charge in [-0.3, -0.25) is 9.59 Å². The van der Waals surface area contributed by atoms with E-state index in [2.05, 4.69) is 5.32 Å². The highest BCUT2D eigenvalue weighted by Crippen LogP contribution is 2.24. The molecule has 190 valence electrons. The van der Waals surface area contributed by atoms with E-state index in [-0.39, 0.29) is 30.9 Å². The third-order valence-electron chi connectivity index (χ3n) is 5.49. The normalized spacial score (nSPS) is 11.7. The van der Waals surface area contributed by atoms with E-state index in [4.69, 9.17) is 39.5 Å². The lowest BCUT2D eigenvalue weighted by Gasteiger charge is -2.32. The lowest BCUT2D eigenvalue weighted by atomic mass is 10.0. The summed E-state index contributed by atoms with van der Waals surface area (Å²) in [6.07, 6.45) is 0.336. The van der Waals surface area contributed by atoms with Crippen molar-refractivity contribution in [1.29, 1.82) is 0 Å². The smallest absolute Gasteiger partial charge is 0.261 e. The zero-order valence-electron chi connectivity index (χ0n) is 20.2. The molecule has 36 heavy (non-hydrogen) atoms. The van der Waals surface area contributed by atoms with Gasteiger partial charge in [0.15, 0.2) is 6.61 Å². The Morgan fingerprint density at radius 1 is 0.917 bits per heavy atom. The number of amides is 2. The molecule has 0 saturated carbocycles. The van der Waals surface area contributed by atoms with Gasteiger partial charge in [0.2, 0.25) is 5.91 Å². The fourth-order valence-electron chi connectivity index (χ4n) is 3.57. The Kier molecular flexibility index (Phi) is 10.5. The van der Waals surface area contributed by atoms with E-state index < -0.39 is 6.04 Å². The van der Waals surface area contributed by atoms with Crippen LogP contribution >= 0.6 is 34.8 Å². The Morgan fingerprint density at radius 3 is 2.22 bits per heavy atom. The summed E-state index contributed by atoms with van der Waals surface area (Å²) in [4.78, 5) is 28.5. The second kappa shape index (κ2) is 13.5. The van der Waals surface area contributed by atoms with Crippen molar-refractivity contribution in [3.63, 3.8) is 0 Å². The molecule has 0 unspecified atom stereocenters. The summed E-state index contributed by atoms with van der Waals surface area (Å²) in [5, 5.41) is 4.46. The van der Waals surface area contributed by atoms with Crippen molar-refractivity contribution >= 4 is 46.6 Å². The van der Waals surface area contributed by atoms with Crippen molar-refractivity contribution in [2.24, 2.45) is 5.92 Å². The molecule has 1 N–H and O–H groups in total. The summed E-state index contributed by atoms with van der Waals surface area (Å²) in [7, 11) is 0. The molecule has 0 saturated heterocycles. The molecule has 1 atom stereocenters. The molecule has 2 amide bonds. The largest absolute Gasteiger partial charge is 0.484 e. The van der Waals surface area contributed by atoms with Gasteiger partial charge in [0.25, 0.3) is 5.91 Å². The first-order valence-electron chi connectivity index (χ1n) is 11.7. The van der Waals surface area contributed by atoms with Gasteiger partial charge < -0.3 is 15.0 Å². The van der Waals surface area contributed by atoms with Gasteiger partial charge in [0, 0.05) is 34.6 Å². The maximum absolute atomic E-state index is 13.6. The van der Waals surface area contributed by atoms with Crippen molar-refractivity contribution < 1.29 is 14.3 Å². The van der Waals surface area contributed by atoms with Crippen LogP contribution in [-0.4, -0.2) is 35.9 Å². The predicted molar refractivity (Wildman–Crippen MR) is 146 cm³/mol. The minimum Gasteiger partial charge on any atom is -0.484 e. The molecule has 0 fully saturated rings. The molecule has 0 spiro atoms. The van der Waals surface area contributed by atoms with Gasteiger partial charge in [-0.2, -0.15) is 0 Å². The summed E-state index contributed by atoms with van der Waals surface area (Å²) < 4.78 is 5.73. The second-order valence-electron chi connectivity index (χ2n) is 8.84. The summed E-state index contributed by atoms with van der Waals surface area (Å²) in [6.45, 7) is 4.39. The molecule has 5 nitrogen and oxygen atoms in total. The van der Waals surface area contributed by atoms with Crippen LogP contribution in [0.1, 0.15) is 25.0 Å². The maximum atomic E-state index is 13.6. The van der Waals surface area contributed by atoms with Gasteiger partial charge in [0.1, 0.15) is 11.8 Å². The van der Waals surface area contributed by atoms with Crippen molar-refractivity contribution in [3.05, 3.63) is 99.0 Å². The maximum Gasteiger partial charge on any atom is 0.261 e. The molecule has 8 heteroatoms. The quantitative estimate of drug-likeness (QED) is 0.301. The van der Waals surface area contributed by atoms with Crippen LogP contribution in [0.5, 0.6) is 5.75 Å². The van der Waals surface area contributed by atoms with Crippen LogP contribution < -0.4 is 10.1 Å². The average molecular weight is 548 g/mol. The van der Waals surface area contributed by atoms with Gasteiger partial charge in [0.05, 0.1) is 0 Å². The number of nitrogens with zero attached hydrogens (tertiary/aromatic N) is 1. The first-order chi connectivity index (χ1) is 17.2. The minimum absolute atomic E-state index is 0.116. The Hall–Kier alpha value is -2.73. The minimum atomic E-state index is -0.779. The lowest BCUT2D eigenvalue weighted by Crippen LogP contribution is -2.52. The van der Waals surface area contributed by atoms with Crippen molar-refractivity contribution in [2.45, 2.75) is 32.9 Å². The van der Waals surface area contributed by atoms with Gasteiger partial charge in [-0.1, -0.05) is 85.0 Å². The first kappa shape index (κ1) is 27.9. The fraction of sp³-hybridized carbons (Fsp3) is 0.286. The van der Waals surface area contributed by atoms with Crippen LogP contribution in [-0.2, 0) is 22.6 Å². The predicted octanol–water partition coefficient (Wildman–Crippen LogP) is 6.44. The van der Waals surface area contributed by atoms with Crippen LogP contribution in [0.25, 0.3) is 0 Å². The molecule has 0 radical (unpaired) electrons. The molecule has 0 bridgehead atoms. The number of carbonyl (C=O) groups is 2. The highest BCUT2D eigenvalue weighted by atomic mass is 35.5. The van der Waals surface area contributed by atoms with E-state index in [9.17, 15) is 9.59 Å². The first-order valence-corrected chi connectivity index (χ1v) is 12.8. The molecule has 3 aromatic carbocycles. The molecule has 0 aliphatic rings. The Labute approximate surface area is 227 Å². The molecule has 0 aromatic heterocycles. The van der Waals surface area contributed by atoms with Gasteiger partial charge >= 0.3 is 0 Å². The van der Waals surface area contributed by atoms with Crippen molar-refractivity contribution in [2.75, 3.05) is 13.2 Å². The molecular weight excluding hydrogens is 519 g/mol. The molecule has 0 aliphatic heterocycles. The fourth-order valence-corrected chi connectivity index (χ4v) is 4.16. The third kappa shape index (κ3) is 8.44. The van der Waals surface area contributed by atoms with Gasteiger partial charge in [-0.15, -0.1) is 0 Å². The molecule has 0 heterocycles. The number of benzene rings is 3. The van der Waals surface area contributed by atoms with Crippen molar-refractivity contribution in [1.82, 2.24) is 10.2 Å². The molecule has 3 aromatic rings. The van der Waals surface area contributed by atoms with Crippen molar-refractivity contribution in [3.8, 4) is 5.75 Å². The van der Waals surface area contributed by atoms with E-state index in [1.54, 1.807) is 42.5 Å². The highest BCUT2D eigenvalue weighted by Gasteiger charge is 2.31. The second-order valence-corrected chi connectivity index (χ2v) is 10.1. The summed E-state index contributed by atoms with van der Waals surface area (Å²) in [5.41, 5.74) is 1.61. The highest BCUT2D eigenvalue weighted by molar-refractivity contribution is 6.35. The average Bonchev–Trinajstić information content (AvgIpc) is 2.86. The monoisotopic (exact) mass is 546 g/mol. The molecule has 0 aliphatic carbocycles. The van der Waals surface area contributed by atoms with E-state index >= 15 is 0 Å². The van der Waals surface area contributed by atoms with Crippen LogP contribution in [0, 0.1) is 5.92 Å². The Bertz CT molecular complexity index is 1150. The van der Waals surface area contributed by atoms with Gasteiger partial charge in [-0.05, 0) is 53.4 Å². The van der Waals surface area contributed by atoms with E-state index in [0.29, 0.717) is 39.3 Å². The van der Waals surface area contributed by atoms with Gasteiger partial charge in [-0.25, -0.2) is 0 Å². The summed E-state index contributed by atoms with van der Waals surface area (Å²) in [5.74, 6) is 0.171. The van der Waals surface area contributed by atoms with Crippen LogP contribution in [0.2, 0.25) is 15.1 Å². The number of hydrogen-bond acceptors (Lipinski definition) is 3. The number of halogens is 3. The number of rotatable bonds is 11. The number of hydrogen-bond donors (Lipinski definition) is 1. The summed E-state index contributed by atoms with van der Waals surface area (Å²) >= 11 is 18.5. The lowest BCUT2D eigenvalue weighted by molar-refractivity contribution is -0.142.